The monoisotopic (exact) mass is 408 g/mol. The van der Waals surface area contributed by atoms with Crippen molar-refractivity contribution in [3.05, 3.63) is 59.8 Å². The first-order valence-corrected chi connectivity index (χ1v) is 9.44. The minimum atomic E-state index is -0.684. The van der Waals surface area contributed by atoms with Crippen molar-refractivity contribution in [1.29, 1.82) is 0 Å². The highest BCUT2D eigenvalue weighted by Crippen LogP contribution is 2.34. The molecule has 2 aromatic heterocycles. The highest BCUT2D eigenvalue weighted by atomic mass is 32.1. The number of nitrogens with zero attached hydrogens (tertiary/aromatic N) is 3. The molecule has 1 amide bonds. The van der Waals surface area contributed by atoms with Gasteiger partial charge < -0.3 is 20.3 Å². The van der Waals surface area contributed by atoms with Gasteiger partial charge in [0.2, 0.25) is 5.75 Å². The van der Waals surface area contributed by atoms with Crippen molar-refractivity contribution < 1.29 is 19.7 Å². The van der Waals surface area contributed by atoms with Crippen molar-refractivity contribution in [2.75, 3.05) is 7.11 Å². The van der Waals surface area contributed by atoms with Crippen LogP contribution in [0.25, 0.3) is 21.0 Å². The Balaban J connectivity index is 1.65. The Bertz CT molecular complexity index is 1190. The molecule has 0 unspecified atom stereocenters. The summed E-state index contributed by atoms with van der Waals surface area (Å²) in [7, 11) is 1.57. The summed E-state index contributed by atoms with van der Waals surface area (Å²) in [5, 5.41) is 23.2. The average molecular weight is 408 g/mol. The average Bonchev–Trinajstić information content (AvgIpc) is 3.17. The number of aromatic hydroxyl groups is 2. The number of benzene rings is 2. The predicted molar refractivity (Wildman–Crippen MR) is 108 cm³/mol. The summed E-state index contributed by atoms with van der Waals surface area (Å²) in [6.07, 6.45) is 0. The summed E-state index contributed by atoms with van der Waals surface area (Å²) >= 11 is 1.28. The molecule has 8 nitrogen and oxygen atoms in total. The summed E-state index contributed by atoms with van der Waals surface area (Å²) < 4.78 is 6.05. The molecular weight excluding hydrogens is 392 g/mol. The maximum absolute atomic E-state index is 12.5. The van der Waals surface area contributed by atoms with E-state index in [4.69, 9.17) is 4.74 Å². The number of carbonyl (C=O) groups excluding carboxylic acids is 1. The summed E-state index contributed by atoms with van der Waals surface area (Å²) in [5.41, 5.74) is 1.27. The summed E-state index contributed by atoms with van der Waals surface area (Å²) in [6, 6.07) is 14.7. The molecule has 3 N–H and O–H groups in total. The zero-order valence-electron chi connectivity index (χ0n) is 15.3. The molecule has 146 valence electrons. The molecule has 2 heterocycles. The minimum Gasteiger partial charge on any atom is -0.501 e. The number of thiazole rings is 1. The number of aromatic nitrogens is 3. The lowest BCUT2D eigenvalue weighted by atomic mass is 10.2. The van der Waals surface area contributed by atoms with E-state index >= 15 is 0 Å². The minimum absolute atomic E-state index is 0.0466. The number of nitrogens with one attached hydrogen (secondary N) is 1. The van der Waals surface area contributed by atoms with Crippen LogP contribution >= 0.6 is 11.3 Å². The van der Waals surface area contributed by atoms with Crippen LogP contribution in [-0.4, -0.2) is 38.2 Å². The predicted octanol–water partition coefficient (Wildman–Crippen LogP) is 3.10. The van der Waals surface area contributed by atoms with E-state index in [1.165, 1.54) is 11.3 Å². The Hall–Kier alpha value is -3.72. The second-order valence-corrected chi connectivity index (χ2v) is 7.12. The van der Waals surface area contributed by atoms with E-state index in [9.17, 15) is 15.0 Å². The van der Waals surface area contributed by atoms with Crippen LogP contribution < -0.4 is 10.1 Å². The van der Waals surface area contributed by atoms with Gasteiger partial charge in [-0.2, -0.15) is 4.98 Å². The quantitative estimate of drug-likeness (QED) is 0.464. The van der Waals surface area contributed by atoms with Gasteiger partial charge in [0.15, 0.2) is 16.5 Å². The van der Waals surface area contributed by atoms with E-state index in [1.807, 2.05) is 36.4 Å². The van der Waals surface area contributed by atoms with Gasteiger partial charge in [-0.15, -0.1) is 11.3 Å². The number of carbonyl (C=O) groups is 1. The molecular formula is C20H16N4O4S. The van der Waals surface area contributed by atoms with Crippen LogP contribution in [0.1, 0.15) is 16.1 Å². The number of hydrogen-bond acceptors (Lipinski definition) is 8. The first-order valence-electron chi connectivity index (χ1n) is 8.62. The second-order valence-electron chi connectivity index (χ2n) is 6.09. The molecule has 4 rings (SSSR count). The van der Waals surface area contributed by atoms with Crippen LogP contribution in [-0.2, 0) is 6.54 Å². The third-order valence-corrected chi connectivity index (χ3v) is 5.18. The number of amides is 1. The molecule has 0 atom stereocenters. The first-order chi connectivity index (χ1) is 14.0. The fourth-order valence-electron chi connectivity index (χ4n) is 2.69. The van der Waals surface area contributed by atoms with Gasteiger partial charge in [-0.3, -0.25) is 4.79 Å². The highest BCUT2D eigenvalue weighted by molar-refractivity contribution is 7.21. The number of hydrogen-bond donors (Lipinski definition) is 3. The Morgan fingerprint density at radius 3 is 2.66 bits per heavy atom. The van der Waals surface area contributed by atoms with E-state index in [2.05, 4.69) is 20.3 Å². The van der Waals surface area contributed by atoms with Crippen molar-refractivity contribution in [2.24, 2.45) is 0 Å². The molecule has 0 radical (unpaired) electrons. The number of ether oxygens (including phenoxy) is 1. The number of rotatable bonds is 5. The maximum Gasteiger partial charge on any atom is 0.274 e. The van der Waals surface area contributed by atoms with Crippen molar-refractivity contribution in [2.45, 2.75) is 6.54 Å². The molecule has 0 fully saturated rings. The first kappa shape index (κ1) is 18.6. The fraction of sp³-hybridized carbons (Fsp3) is 0.100. The van der Waals surface area contributed by atoms with Gasteiger partial charge in [-0.1, -0.05) is 30.3 Å². The lowest BCUT2D eigenvalue weighted by molar-refractivity contribution is 0.0942. The standard InChI is InChI=1S/C20H16N4O4S/c1-28-12-7-8-13-14(9-12)29-20(22-13)17-23-15(16(25)19(27)24-17)18(26)21-10-11-5-3-2-4-6-11/h2-9,25H,10H2,1H3,(H,21,26)(H,23,24,27). The molecule has 0 saturated carbocycles. The Kier molecular flexibility index (Phi) is 4.96. The maximum atomic E-state index is 12.5. The van der Waals surface area contributed by atoms with E-state index in [-0.39, 0.29) is 18.1 Å². The highest BCUT2D eigenvalue weighted by Gasteiger charge is 2.21. The second kappa shape index (κ2) is 7.72. The Morgan fingerprint density at radius 1 is 1.10 bits per heavy atom. The van der Waals surface area contributed by atoms with Crippen molar-refractivity contribution in [1.82, 2.24) is 20.3 Å². The normalized spacial score (nSPS) is 10.8. The SMILES string of the molecule is COc1ccc2nc(-c3nc(O)c(O)c(C(=O)NCc4ccccc4)n3)sc2c1. The molecule has 29 heavy (non-hydrogen) atoms. The summed E-state index contributed by atoms with van der Waals surface area (Å²) in [5.74, 6) is -1.26. The van der Waals surface area contributed by atoms with E-state index in [0.29, 0.717) is 16.3 Å². The van der Waals surface area contributed by atoms with Crippen LogP contribution in [0.2, 0.25) is 0 Å². The summed E-state index contributed by atoms with van der Waals surface area (Å²) in [6.45, 7) is 0.250. The fourth-order valence-corrected chi connectivity index (χ4v) is 3.61. The molecule has 9 heteroatoms. The van der Waals surface area contributed by atoms with Gasteiger partial charge in [-0.05, 0) is 23.8 Å². The van der Waals surface area contributed by atoms with E-state index in [1.54, 1.807) is 19.2 Å². The smallest absolute Gasteiger partial charge is 0.274 e. The molecule has 0 aliphatic carbocycles. The van der Waals surface area contributed by atoms with Gasteiger partial charge in [0.1, 0.15) is 5.75 Å². The summed E-state index contributed by atoms with van der Waals surface area (Å²) in [4.78, 5) is 25.0. The zero-order chi connectivity index (χ0) is 20.4. The largest absolute Gasteiger partial charge is 0.501 e. The van der Waals surface area contributed by atoms with E-state index in [0.717, 1.165) is 10.3 Å². The van der Waals surface area contributed by atoms with Crippen molar-refractivity contribution >= 4 is 27.5 Å². The van der Waals surface area contributed by atoms with Crippen LogP contribution in [0.5, 0.6) is 17.4 Å². The third kappa shape index (κ3) is 3.81. The lowest BCUT2D eigenvalue weighted by Crippen LogP contribution is -2.24. The van der Waals surface area contributed by atoms with E-state index < -0.39 is 17.5 Å². The number of fused-ring (bicyclic) bond motifs is 1. The molecule has 0 spiro atoms. The van der Waals surface area contributed by atoms with Gasteiger partial charge >= 0.3 is 0 Å². The molecule has 4 aromatic rings. The van der Waals surface area contributed by atoms with Gasteiger partial charge in [-0.25, -0.2) is 9.97 Å². The Labute approximate surface area is 169 Å². The van der Waals surface area contributed by atoms with Crippen molar-refractivity contribution in [3.8, 4) is 28.2 Å². The molecule has 0 aliphatic heterocycles. The van der Waals surface area contributed by atoms with Crippen LogP contribution in [0, 0.1) is 0 Å². The van der Waals surface area contributed by atoms with Crippen LogP contribution in [0.4, 0.5) is 0 Å². The molecule has 0 bridgehead atoms. The lowest BCUT2D eigenvalue weighted by Gasteiger charge is -2.08. The topological polar surface area (TPSA) is 117 Å². The van der Waals surface area contributed by atoms with Gasteiger partial charge in [0, 0.05) is 6.54 Å². The van der Waals surface area contributed by atoms with Crippen molar-refractivity contribution in [3.63, 3.8) is 0 Å². The molecule has 2 aromatic carbocycles. The molecule has 0 saturated heterocycles. The third-order valence-electron chi connectivity index (χ3n) is 4.16. The van der Waals surface area contributed by atoms with Gasteiger partial charge in [0.25, 0.3) is 11.8 Å². The van der Waals surface area contributed by atoms with Crippen LogP contribution in [0.15, 0.2) is 48.5 Å². The number of methoxy groups -OCH3 is 1. The molecule has 0 aliphatic rings. The zero-order valence-corrected chi connectivity index (χ0v) is 16.1. The van der Waals surface area contributed by atoms with Gasteiger partial charge in [0.05, 0.1) is 17.3 Å². The Morgan fingerprint density at radius 2 is 1.90 bits per heavy atom. The van der Waals surface area contributed by atoms with Crippen LogP contribution in [0.3, 0.4) is 0 Å².